The SMILES string of the molecule is Cc1nn(-c2ccccc2)c(CSc2nnc3c(Cl)cc(Cl)cn23)c1C#N. The van der Waals surface area contributed by atoms with Crippen LogP contribution in [0, 0.1) is 18.3 Å². The van der Waals surface area contributed by atoms with E-state index in [2.05, 4.69) is 21.4 Å². The summed E-state index contributed by atoms with van der Waals surface area (Å²) in [5.41, 5.74) is 3.49. The predicted octanol–water partition coefficient (Wildman–Crippen LogP) is 4.69. The van der Waals surface area contributed by atoms with Gasteiger partial charge in [-0.3, -0.25) is 4.40 Å². The smallest absolute Gasteiger partial charge is 0.196 e. The van der Waals surface area contributed by atoms with E-state index in [-0.39, 0.29) is 0 Å². The van der Waals surface area contributed by atoms with Crippen LogP contribution in [0.5, 0.6) is 0 Å². The molecule has 0 saturated carbocycles. The third-order valence-electron chi connectivity index (χ3n) is 4.00. The molecule has 0 aliphatic rings. The van der Waals surface area contributed by atoms with Gasteiger partial charge in [0.25, 0.3) is 0 Å². The summed E-state index contributed by atoms with van der Waals surface area (Å²) in [5, 5.41) is 24.0. The Morgan fingerprint density at radius 1 is 1.19 bits per heavy atom. The molecule has 0 aliphatic carbocycles. The second-order valence-corrected chi connectivity index (χ2v) is 7.52. The average Bonchev–Trinajstić information content (AvgIpc) is 3.21. The highest BCUT2D eigenvalue weighted by molar-refractivity contribution is 7.98. The molecule has 0 saturated heterocycles. The fourth-order valence-corrected chi connectivity index (χ4v) is 4.19. The topological polar surface area (TPSA) is 71.8 Å². The lowest BCUT2D eigenvalue weighted by Gasteiger charge is -2.07. The van der Waals surface area contributed by atoms with Crippen LogP contribution in [0.15, 0.2) is 47.8 Å². The molecule has 0 fully saturated rings. The molecule has 9 heteroatoms. The van der Waals surface area contributed by atoms with Crippen molar-refractivity contribution in [3.63, 3.8) is 0 Å². The molecule has 134 valence electrons. The summed E-state index contributed by atoms with van der Waals surface area (Å²) in [5.74, 6) is 0.490. The van der Waals surface area contributed by atoms with E-state index < -0.39 is 0 Å². The van der Waals surface area contributed by atoms with Crippen molar-refractivity contribution in [3.8, 4) is 11.8 Å². The van der Waals surface area contributed by atoms with Crippen molar-refractivity contribution >= 4 is 40.6 Å². The minimum atomic E-state index is 0.435. The van der Waals surface area contributed by atoms with E-state index in [1.165, 1.54) is 11.8 Å². The molecule has 0 unspecified atom stereocenters. The van der Waals surface area contributed by atoms with Gasteiger partial charge in [0, 0.05) is 11.9 Å². The molecule has 0 spiro atoms. The number of aromatic nitrogens is 5. The van der Waals surface area contributed by atoms with Gasteiger partial charge in [-0.15, -0.1) is 10.2 Å². The molecule has 27 heavy (non-hydrogen) atoms. The molecular weight excluding hydrogens is 403 g/mol. The van der Waals surface area contributed by atoms with Crippen molar-refractivity contribution in [2.24, 2.45) is 0 Å². The van der Waals surface area contributed by atoms with Gasteiger partial charge in [-0.1, -0.05) is 53.2 Å². The van der Waals surface area contributed by atoms with E-state index in [1.54, 1.807) is 21.3 Å². The Morgan fingerprint density at radius 2 is 1.96 bits per heavy atom. The van der Waals surface area contributed by atoms with Crippen molar-refractivity contribution in [2.75, 3.05) is 0 Å². The standard InChI is InChI=1S/C18H12Cl2N6S/c1-11-14(8-21)16(26(24-11)13-5-3-2-4-6-13)10-27-18-23-22-17-15(20)7-12(19)9-25(17)18/h2-7,9H,10H2,1H3. The first-order valence-electron chi connectivity index (χ1n) is 7.95. The Labute approximate surface area is 169 Å². The Hall–Kier alpha value is -2.53. The highest BCUT2D eigenvalue weighted by Crippen LogP contribution is 2.29. The summed E-state index contributed by atoms with van der Waals surface area (Å²) in [6.07, 6.45) is 1.72. The molecule has 0 bridgehead atoms. The van der Waals surface area contributed by atoms with Crippen molar-refractivity contribution < 1.29 is 0 Å². The van der Waals surface area contributed by atoms with Gasteiger partial charge in [-0.2, -0.15) is 10.4 Å². The summed E-state index contributed by atoms with van der Waals surface area (Å²) in [4.78, 5) is 0. The number of para-hydroxylation sites is 1. The molecule has 0 amide bonds. The normalized spacial score (nSPS) is 11.0. The number of hydrogen-bond donors (Lipinski definition) is 0. The van der Waals surface area contributed by atoms with Gasteiger partial charge >= 0.3 is 0 Å². The zero-order valence-corrected chi connectivity index (χ0v) is 16.4. The van der Waals surface area contributed by atoms with E-state index >= 15 is 0 Å². The molecule has 0 radical (unpaired) electrons. The van der Waals surface area contributed by atoms with Crippen LogP contribution < -0.4 is 0 Å². The number of rotatable bonds is 4. The van der Waals surface area contributed by atoms with Crippen molar-refractivity contribution in [3.05, 3.63) is 69.6 Å². The molecular formula is C18H12Cl2N6S. The highest BCUT2D eigenvalue weighted by Gasteiger charge is 2.18. The molecule has 1 aromatic carbocycles. The molecule has 4 aromatic rings. The lowest BCUT2D eigenvalue weighted by atomic mass is 10.2. The molecule has 3 aromatic heterocycles. The van der Waals surface area contributed by atoms with Crippen LogP contribution in [-0.2, 0) is 5.75 Å². The van der Waals surface area contributed by atoms with E-state index in [0.29, 0.717) is 37.9 Å². The van der Waals surface area contributed by atoms with Crippen LogP contribution in [0.2, 0.25) is 10.0 Å². The van der Waals surface area contributed by atoms with Crippen LogP contribution in [0.3, 0.4) is 0 Å². The summed E-state index contributed by atoms with van der Waals surface area (Å²) >= 11 is 13.7. The van der Waals surface area contributed by atoms with Crippen LogP contribution in [0.4, 0.5) is 0 Å². The number of nitrogens with zero attached hydrogens (tertiary/aromatic N) is 6. The maximum absolute atomic E-state index is 9.58. The number of nitriles is 1. The van der Waals surface area contributed by atoms with Crippen LogP contribution in [-0.4, -0.2) is 24.4 Å². The maximum Gasteiger partial charge on any atom is 0.196 e. The predicted molar refractivity (Wildman–Crippen MR) is 106 cm³/mol. The zero-order chi connectivity index (χ0) is 19.0. The Morgan fingerprint density at radius 3 is 2.70 bits per heavy atom. The van der Waals surface area contributed by atoms with E-state index in [0.717, 1.165) is 11.4 Å². The Bertz CT molecular complexity index is 1180. The average molecular weight is 415 g/mol. The number of halogens is 2. The van der Waals surface area contributed by atoms with Crippen molar-refractivity contribution in [1.82, 2.24) is 24.4 Å². The van der Waals surface area contributed by atoms with E-state index in [4.69, 9.17) is 23.2 Å². The summed E-state index contributed by atoms with van der Waals surface area (Å²) in [6, 6.07) is 13.6. The fourth-order valence-electron chi connectivity index (χ4n) is 2.77. The van der Waals surface area contributed by atoms with Crippen LogP contribution >= 0.6 is 35.0 Å². The number of pyridine rings is 1. The highest BCUT2D eigenvalue weighted by atomic mass is 35.5. The van der Waals surface area contributed by atoms with Gasteiger partial charge in [0.05, 0.1) is 32.7 Å². The van der Waals surface area contributed by atoms with Gasteiger partial charge < -0.3 is 0 Å². The quantitative estimate of drug-likeness (QED) is 0.452. The lowest BCUT2D eigenvalue weighted by Crippen LogP contribution is -2.02. The Kier molecular flexibility index (Phi) is 4.79. The van der Waals surface area contributed by atoms with Gasteiger partial charge in [-0.25, -0.2) is 4.68 Å². The third-order valence-corrected chi connectivity index (χ3v) is 5.44. The summed E-state index contributed by atoms with van der Waals surface area (Å²) in [6.45, 7) is 1.83. The second-order valence-electron chi connectivity index (χ2n) is 5.74. The summed E-state index contributed by atoms with van der Waals surface area (Å²) in [7, 11) is 0. The summed E-state index contributed by atoms with van der Waals surface area (Å²) < 4.78 is 3.54. The largest absolute Gasteiger partial charge is 0.275 e. The zero-order valence-electron chi connectivity index (χ0n) is 14.1. The number of thioether (sulfide) groups is 1. The number of aryl methyl sites for hydroxylation is 1. The number of hydrogen-bond acceptors (Lipinski definition) is 5. The van der Waals surface area contributed by atoms with Crippen LogP contribution in [0.1, 0.15) is 17.0 Å². The minimum Gasteiger partial charge on any atom is -0.275 e. The second kappa shape index (κ2) is 7.24. The molecule has 4 rings (SSSR count). The first-order valence-corrected chi connectivity index (χ1v) is 9.69. The minimum absolute atomic E-state index is 0.435. The third kappa shape index (κ3) is 3.28. The molecule has 6 nitrogen and oxygen atoms in total. The monoisotopic (exact) mass is 414 g/mol. The van der Waals surface area contributed by atoms with Crippen LogP contribution in [0.25, 0.3) is 11.3 Å². The Balaban J connectivity index is 1.73. The van der Waals surface area contributed by atoms with Gasteiger partial charge in [0.1, 0.15) is 6.07 Å². The number of fused-ring (bicyclic) bond motifs is 1. The van der Waals surface area contributed by atoms with Gasteiger partial charge in [-0.05, 0) is 25.1 Å². The maximum atomic E-state index is 9.58. The van der Waals surface area contributed by atoms with Gasteiger partial charge in [0.2, 0.25) is 0 Å². The van der Waals surface area contributed by atoms with E-state index in [9.17, 15) is 5.26 Å². The van der Waals surface area contributed by atoms with Crippen molar-refractivity contribution in [1.29, 1.82) is 5.26 Å². The fraction of sp³-hybridized carbons (Fsp3) is 0.111. The molecule has 3 heterocycles. The van der Waals surface area contributed by atoms with E-state index in [1.807, 2.05) is 37.3 Å². The molecule has 0 atom stereocenters. The van der Waals surface area contributed by atoms with Gasteiger partial charge in [0.15, 0.2) is 10.8 Å². The number of benzene rings is 1. The first kappa shape index (κ1) is 17.9. The lowest BCUT2D eigenvalue weighted by molar-refractivity contribution is 0.827. The molecule has 0 N–H and O–H groups in total. The van der Waals surface area contributed by atoms with Crippen molar-refractivity contribution in [2.45, 2.75) is 17.8 Å². The first-order chi connectivity index (χ1) is 13.1. The molecule has 0 aliphatic heterocycles.